The molecule has 0 aromatic heterocycles. The summed E-state index contributed by atoms with van der Waals surface area (Å²) in [4.78, 5) is 30.8. The quantitative estimate of drug-likeness (QED) is 0.585. The van der Waals surface area contributed by atoms with Crippen molar-refractivity contribution in [2.45, 2.75) is 76.4 Å². The number of amides is 2. The normalized spacial score (nSPS) is 21.5. The fraction of sp³-hybridized carbons (Fsp3) is 0.692. The highest BCUT2D eigenvalue weighted by Crippen LogP contribution is 2.29. The minimum absolute atomic E-state index is 0.0767. The molecule has 0 spiro atoms. The third-order valence-corrected chi connectivity index (χ3v) is 7.32. The molecule has 0 radical (unpaired) electrons. The highest BCUT2D eigenvalue weighted by molar-refractivity contribution is 5.90. The maximum absolute atomic E-state index is 13.7. The Labute approximate surface area is 194 Å². The van der Waals surface area contributed by atoms with Gasteiger partial charge in [0.2, 0.25) is 11.8 Å². The second-order valence-corrected chi connectivity index (χ2v) is 9.72. The first-order valence-corrected chi connectivity index (χ1v) is 12.5. The van der Waals surface area contributed by atoms with Crippen LogP contribution in [0.1, 0.15) is 57.4 Å². The average molecular weight is 443 g/mol. The molecule has 2 fully saturated rings. The molecule has 1 aromatic rings. The van der Waals surface area contributed by atoms with E-state index in [0.29, 0.717) is 0 Å². The number of hydrogen-bond donors (Lipinski definition) is 2. The predicted octanol–water partition coefficient (Wildman–Crippen LogP) is 2.82. The van der Waals surface area contributed by atoms with Gasteiger partial charge >= 0.3 is 0 Å². The van der Waals surface area contributed by atoms with Crippen LogP contribution in [0.15, 0.2) is 30.3 Å². The fourth-order valence-corrected chi connectivity index (χ4v) is 5.17. The lowest BCUT2D eigenvalue weighted by Crippen LogP contribution is -2.57. The van der Waals surface area contributed by atoms with Gasteiger partial charge in [-0.15, -0.1) is 0 Å². The van der Waals surface area contributed by atoms with Gasteiger partial charge in [0.15, 0.2) is 0 Å². The van der Waals surface area contributed by atoms with Crippen molar-refractivity contribution in [3.05, 3.63) is 35.9 Å². The highest BCUT2D eigenvalue weighted by atomic mass is 16.2. The van der Waals surface area contributed by atoms with Crippen LogP contribution in [-0.2, 0) is 16.0 Å². The van der Waals surface area contributed by atoms with Crippen LogP contribution in [0.2, 0.25) is 0 Å². The topological polar surface area (TPSA) is 64.7 Å². The Bertz CT molecular complexity index is 720. The molecule has 3 rings (SSSR count). The maximum Gasteiger partial charge on any atom is 0.245 e. The molecule has 1 heterocycles. The van der Waals surface area contributed by atoms with Crippen molar-refractivity contribution >= 4 is 11.8 Å². The van der Waals surface area contributed by atoms with Crippen molar-refractivity contribution in [3.8, 4) is 0 Å². The van der Waals surface area contributed by atoms with E-state index >= 15 is 0 Å². The number of benzene rings is 1. The number of likely N-dealkylation sites (tertiary alicyclic amines) is 1. The molecule has 2 N–H and O–H groups in total. The van der Waals surface area contributed by atoms with Gasteiger partial charge in [0.05, 0.1) is 6.04 Å². The molecule has 1 saturated heterocycles. The van der Waals surface area contributed by atoms with Crippen molar-refractivity contribution in [2.24, 2.45) is 5.92 Å². The summed E-state index contributed by atoms with van der Waals surface area (Å²) in [5, 5.41) is 6.13. The van der Waals surface area contributed by atoms with E-state index in [9.17, 15) is 9.59 Å². The van der Waals surface area contributed by atoms with Gasteiger partial charge in [0.25, 0.3) is 0 Å². The van der Waals surface area contributed by atoms with E-state index in [0.717, 1.165) is 64.6 Å². The highest BCUT2D eigenvalue weighted by Gasteiger charge is 2.38. The SMILES string of the molecule is CN[C@@H](C)C(=O)N[C@@H](C(=O)N1CCC[C@H]1CN(C)CCc1ccccc1)C1CCCCC1. The average Bonchev–Trinajstić information content (AvgIpc) is 3.29. The van der Waals surface area contributed by atoms with E-state index in [1.165, 1.54) is 12.0 Å². The minimum Gasteiger partial charge on any atom is -0.343 e. The molecule has 1 aliphatic carbocycles. The predicted molar refractivity (Wildman–Crippen MR) is 129 cm³/mol. The number of nitrogens with zero attached hydrogens (tertiary/aromatic N) is 2. The Hall–Kier alpha value is -1.92. The monoisotopic (exact) mass is 442 g/mol. The van der Waals surface area contributed by atoms with Crippen LogP contribution < -0.4 is 10.6 Å². The van der Waals surface area contributed by atoms with Crippen LogP contribution in [0.25, 0.3) is 0 Å². The van der Waals surface area contributed by atoms with Gasteiger partial charge in [0, 0.05) is 25.7 Å². The molecule has 2 amide bonds. The van der Waals surface area contributed by atoms with E-state index < -0.39 is 6.04 Å². The van der Waals surface area contributed by atoms with E-state index in [-0.39, 0.29) is 29.8 Å². The second kappa shape index (κ2) is 12.4. The number of carbonyl (C=O) groups excluding carboxylic acids is 2. The maximum atomic E-state index is 13.7. The number of nitrogens with one attached hydrogen (secondary N) is 2. The summed E-state index contributed by atoms with van der Waals surface area (Å²) < 4.78 is 0. The van der Waals surface area contributed by atoms with Crippen LogP contribution in [0.3, 0.4) is 0 Å². The van der Waals surface area contributed by atoms with E-state index in [1.54, 1.807) is 7.05 Å². The second-order valence-electron chi connectivity index (χ2n) is 9.72. The van der Waals surface area contributed by atoms with Gasteiger partial charge in [-0.05, 0) is 64.6 Å². The Balaban J connectivity index is 1.62. The fourth-order valence-electron chi connectivity index (χ4n) is 5.17. The summed E-state index contributed by atoms with van der Waals surface area (Å²) in [6.45, 7) is 4.51. The Morgan fingerprint density at radius 3 is 2.50 bits per heavy atom. The van der Waals surface area contributed by atoms with Crippen LogP contribution in [0.5, 0.6) is 0 Å². The molecule has 1 saturated carbocycles. The first-order chi connectivity index (χ1) is 15.5. The zero-order chi connectivity index (χ0) is 22.9. The Morgan fingerprint density at radius 1 is 1.09 bits per heavy atom. The molecule has 2 aliphatic rings. The summed E-state index contributed by atoms with van der Waals surface area (Å²) in [6, 6.07) is 10.1. The molecule has 3 atom stereocenters. The summed E-state index contributed by atoms with van der Waals surface area (Å²) >= 11 is 0. The van der Waals surface area contributed by atoms with Crippen LogP contribution >= 0.6 is 0 Å². The smallest absolute Gasteiger partial charge is 0.245 e. The van der Waals surface area contributed by atoms with Crippen LogP contribution in [0.4, 0.5) is 0 Å². The van der Waals surface area contributed by atoms with Crippen LogP contribution in [-0.4, -0.2) is 73.5 Å². The van der Waals surface area contributed by atoms with Crippen molar-refractivity contribution in [2.75, 3.05) is 33.7 Å². The molecule has 0 unspecified atom stereocenters. The first-order valence-electron chi connectivity index (χ1n) is 12.5. The molecule has 1 aliphatic heterocycles. The van der Waals surface area contributed by atoms with Gasteiger partial charge in [-0.25, -0.2) is 0 Å². The largest absolute Gasteiger partial charge is 0.343 e. The van der Waals surface area contributed by atoms with Crippen molar-refractivity contribution < 1.29 is 9.59 Å². The van der Waals surface area contributed by atoms with Gasteiger partial charge in [-0.3, -0.25) is 9.59 Å². The lowest BCUT2D eigenvalue weighted by Gasteiger charge is -2.36. The minimum atomic E-state index is -0.395. The lowest BCUT2D eigenvalue weighted by atomic mass is 9.83. The summed E-state index contributed by atoms with van der Waals surface area (Å²) in [6.07, 6.45) is 8.69. The summed E-state index contributed by atoms with van der Waals surface area (Å²) in [7, 11) is 3.93. The number of hydrogen-bond acceptors (Lipinski definition) is 4. The third-order valence-electron chi connectivity index (χ3n) is 7.32. The molecule has 32 heavy (non-hydrogen) atoms. The standard InChI is InChI=1S/C26H42N4O2/c1-20(27-2)25(31)28-24(22-13-8-5-9-14-22)26(32)30-17-10-15-23(30)19-29(3)18-16-21-11-6-4-7-12-21/h4,6-7,11-12,20,22-24,27H,5,8-10,13-19H2,1-3H3,(H,28,31)/t20-,23-,24+/m0/s1. The number of likely N-dealkylation sites (N-methyl/N-ethyl adjacent to an activating group) is 2. The Kier molecular flexibility index (Phi) is 9.54. The molecular formula is C26H42N4O2. The molecular weight excluding hydrogens is 400 g/mol. The van der Waals surface area contributed by atoms with Crippen molar-refractivity contribution in [3.63, 3.8) is 0 Å². The number of rotatable bonds is 10. The van der Waals surface area contributed by atoms with Gasteiger partial charge < -0.3 is 20.4 Å². The first kappa shape index (κ1) is 24.7. The molecule has 0 bridgehead atoms. The van der Waals surface area contributed by atoms with E-state index in [1.807, 2.05) is 13.0 Å². The summed E-state index contributed by atoms with van der Waals surface area (Å²) in [5.74, 6) is 0.306. The van der Waals surface area contributed by atoms with Gasteiger partial charge in [-0.2, -0.15) is 0 Å². The van der Waals surface area contributed by atoms with E-state index in [2.05, 4.69) is 51.7 Å². The zero-order valence-corrected chi connectivity index (χ0v) is 20.2. The van der Waals surface area contributed by atoms with Crippen molar-refractivity contribution in [1.82, 2.24) is 20.4 Å². The van der Waals surface area contributed by atoms with E-state index in [4.69, 9.17) is 0 Å². The number of carbonyl (C=O) groups is 2. The third kappa shape index (κ3) is 6.79. The molecule has 6 heteroatoms. The van der Waals surface area contributed by atoms with Crippen molar-refractivity contribution in [1.29, 1.82) is 0 Å². The van der Waals surface area contributed by atoms with Gasteiger partial charge in [-0.1, -0.05) is 49.6 Å². The molecule has 1 aromatic carbocycles. The van der Waals surface area contributed by atoms with Crippen LogP contribution in [0, 0.1) is 5.92 Å². The molecule has 6 nitrogen and oxygen atoms in total. The summed E-state index contributed by atoms with van der Waals surface area (Å²) in [5.41, 5.74) is 1.34. The molecule has 178 valence electrons. The Morgan fingerprint density at radius 2 is 1.81 bits per heavy atom. The lowest BCUT2D eigenvalue weighted by molar-refractivity contribution is -0.139. The zero-order valence-electron chi connectivity index (χ0n) is 20.2. The van der Waals surface area contributed by atoms with Gasteiger partial charge in [0.1, 0.15) is 6.04 Å².